The molecule has 0 aliphatic heterocycles. The zero-order chi connectivity index (χ0) is 15.1. The standard InChI is InChI=1S/C18H20O3/c1-2-3-9-17(18(19)20)21-16-12-10-15(11-13-16)14-7-5-4-6-8-14/h4-8,10-13,17H,2-3,9H2,1H3,(H,19,20). The highest BCUT2D eigenvalue weighted by molar-refractivity contribution is 5.72. The van der Waals surface area contributed by atoms with Gasteiger partial charge in [-0.1, -0.05) is 55.8 Å². The van der Waals surface area contributed by atoms with Gasteiger partial charge < -0.3 is 9.84 Å². The molecule has 1 unspecified atom stereocenters. The van der Waals surface area contributed by atoms with E-state index in [1.54, 1.807) is 0 Å². The Bertz CT molecular complexity index is 561. The third-order valence-corrected chi connectivity index (χ3v) is 3.34. The molecule has 0 saturated carbocycles. The van der Waals surface area contributed by atoms with Gasteiger partial charge in [-0.25, -0.2) is 4.79 Å². The van der Waals surface area contributed by atoms with Crippen molar-refractivity contribution in [2.24, 2.45) is 0 Å². The van der Waals surface area contributed by atoms with Gasteiger partial charge >= 0.3 is 5.97 Å². The Morgan fingerprint density at radius 1 is 1.05 bits per heavy atom. The molecule has 21 heavy (non-hydrogen) atoms. The zero-order valence-corrected chi connectivity index (χ0v) is 12.2. The average Bonchev–Trinajstić information content (AvgIpc) is 2.52. The van der Waals surface area contributed by atoms with E-state index in [1.165, 1.54) is 0 Å². The minimum Gasteiger partial charge on any atom is -0.479 e. The molecule has 1 N–H and O–H groups in total. The lowest BCUT2D eigenvalue weighted by atomic mass is 10.1. The zero-order valence-electron chi connectivity index (χ0n) is 12.2. The molecule has 3 heteroatoms. The van der Waals surface area contributed by atoms with Gasteiger partial charge in [-0.3, -0.25) is 0 Å². The molecule has 0 heterocycles. The molecular weight excluding hydrogens is 264 g/mol. The van der Waals surface area contributed by atoms with Gasteiger partial charge in [0, 0.05) is 0 Å². The Kier molecular flexibility index (Phi) is 5.38. The van der Waals surface area contributed by atoms with Gasteiger partial charge in [-0.05, 0) is 36.1 Å². The summed E-state index contributed by atoms with van der Waals surface area (Å²) in [7, 11) is 0. The summed E-state index contributed by atoms with van der Waals surface area (Å²) in [6.07, 6.45) is 1.57. The number of hydrogen-bond donors (Lipinski definition) is 1. The third-order valence-electron chi connectivity index (χ3n) is 3.34. The molecule has 110 valence electrons. The summed E-state index contributed by atoms with van der Waals surface area (Å²) in [5, 5.41) is 9.17. The average molecular weight is 284 g/mol. The Morgan fingerprint density at radius 3 is 2.24 bits per heavy atom. The molecule has 0 saturated heterocycles. The second kappa shape index (κ2) is 7.48. The quantitative estimate of drug-likeness (QED) is 0.821. The monoisotopic (exact) mass is 284 g/mol. The van der Waals surface area contributed by atoms with Crippen molar-refractivity contribution in [3.63, 3.8) is 0 Å². The van der Waals surface area contributed by atoms with Crippen LogP contribution < -0.4 is 4.74 Å². The Labute approximate surface area is 125 Å². The SMILES string of the molecule is CCCCC(Oc1ccc(-c2ccccc2)cc1)C(=O)O. The fourth-order valence-electron chi connectivity index (χ4n) is 2.14. The molecule has 1 atom stereocenters. The van der Waals surface area contributed by atoms with Gasteiger partial charge in [0.25, 0.3) is 0 Å². The van der Waals surface area contributed by atoms with Crippen molar-refractivity contribution in [1.29, 1.82) is 0 Å². The number of aliphatic carboxylic acids is 1. The van der Waals surface area contributed by atoms with Crippen molar-refractivity contribution in [2.45, 2.75) is 32.3 Å². The Balaban J connectivity index is 2.06. The number of hydrogen-bond acceptors (Lipinski definition) is 2. The van der Waals surface area contributed by atoms with Gasteiger partial charge in [0.15, 0.2) is 6.10 Å². The van der Waals surface area contributed by atoms with Crippen LogP contribution in [0.3, 0.4) is 0 Å². The normalized spacial score (nSPS) is 11.9. The lowest BCUT2D eigenvalue weighted by Crippen LogP contribution is -2.26. The highest BCUT2D eigenvalue weighted by Crippen LogP contribution is 2.23. The molecule has 0 aliphatic rings. The van der Waals surface area contributed by atoms with Gasteiger partial charge in [0.1, 0.15) is 5.75 Å². The van der Waals surface area contributed by atoms with Crippen LogP contribution in [0.5, 0.6) is 5.75 Å². The van der Waals surface area contributed by atoms with E-state index in [1.807, 2.05) is 61.5 Å². The number of carboxylic acid groups (broad SMARTS) is 1. The van der Waals surface area contributed by atoms with Crippen molar-refractivity contribution in [2.75, 3.05) is 0 Å². The molecule has 2 aromatic carbocycles. The van der Waals surface area contributed by atoms with Crippen LogP contribution in [0.4, 0.5) is 0 Å². The van der Waals surface area contributed by atoms with Crippen LogP contribution in [-0.4, -0.2) is 17.2 Å². The van der Waals surface area contributed by atoms with Crippen molar-refractivity contribution in [3.05, 3.63) is 54.6 Å². The molecule has 0 aromatic heterocycles. The Morgan fingerprint density at radius 2 is 1.67 bits per heavy atom. The highest BCUT2D eigenvalue weighted by Gasteiger charge is 2.18. The van der Waals surface area contributed by atoms with E-state index in [2.05, 4.69) is 0 Å². The molecular formula is C18H20O3. The largest absolute Gasteiger partial charge is 0.479 e. The topological polar surface area (TPSA) is 46.5 Å². The molecule has 0 amide bonds. The molecule has 0 spiro atoms. The third kappa shape index (κ3) is 4.35. The number of unbranched alkanes of at least 4 members (excludes halogenated alkanes) is 1. The van der Waals surface area contributed by atoms with Gasteiger partial charge in [-0.15, -0.1) is 0 Å². The van der Waals surface area contributed by atoms with Crippen LogP contribution in [-0.2, 0) is 4.79 Å². The first-order valence-electron chi connectivity index (χ1n) is 7.25. The molecule has 0 fully saturated rings. The van der Waals surface area contributed by atoms with Crippen molar-refractivity contribution in [3.8, 4) is 16.9 Å². The predicted octanol–water partition coefficient (Wildman–Crippen LogP) is 4.38. The number of rotatable bonds is 7. The van der Waals surface area contributed by atoms with E-state index in [4.69, 9.17) is 9.84 Å². The summed E-state index contributed by atoms with van der Waals surface area (Å²) < 4.78 is 5.57. The maximum atomic E-state index is 11.2. The lowest BCUT2D eigenvalue weighted by Gasteiger charge is -2.15. The van der Waals surface area contributed by atoms with E-state index < -0.39 is 12.1 Å². The highest BCUT2D eigenvalue weighted by atomic mass is 16.5. The van der Waals surface area contributed by atoms with Crippen LogP contribution in [0.25, 0.3) is 11.1 Å². The maximum Gasteiger partial charge on any atom is 0.344 e. The maximum absolute atomic E-state index is 11.2. The number of carboxylic acids is 1. The smallest absolute Gasteiger partial charge is 0.344 e. The van der Waals surface area contributed by atoms with Crippen LogP contribution in [0.2, 0.25) is 0 Å². The summed E-state index contributed by atoms with van der Waals surface area (Å²) in [5.41, 5.74) is 2.22. The van der Waals surface area contributed by atoms with Crippen LogP contribution >= 0.6 is 0 Å². The summed E-state index contributed by atoms with van der Waals surface area (Å²) in [6, 6.07) is 17.6. The van der Waals surface area contributed by atoms with Crippen molar-refractivity contribution >= 4 is 5.97 Å². The van der Waals surface area contributed by atoms with Gasteiger partial charge in [-0.2, -0.15) is 0 Å². The minimum absolute atomic E-state index is 0.534. The predicted molar refractivity (Wildman–Crippen MR) is 83.5 cm³/mol. The summed E-state index contributed by atoms with van der Waals surface area (Å²) in [4.78, 5) is 11.2. The van der Waals surface area contributed by atoms with Gasteiger partial charge in [0.2, 0.25) is 0 Å². The van der Waals surface area contributed by atoms with Crippen LogP contribution in [0, 0.1) is 0 Å². The number of ether oxygens (including phenoxy) is 1. The second-order valence-corrected chi connectivity index (χ2v) is 4.98. The van der Waals surface area contributed by atoms with E-state index in [-0.39, 0.29) is 0 Å². The molecule has 2 rings (SSSR count). The first-order chi connectivity index (χ1) is 10.2. The minimum atomic E-state index is -0.907. The van der Waals surface area contributed by atoms with E-state index >= 15 is 0 Å². The lowest BCUT2D eigenvalue weighted by molar-refractivity contribution is -0.145. The van der Waals surface area contributed by atoms with Crippen LogP contribution in [0.1, 0.15) is 26.2 Å². The molecule has 3 nitrogen and oxygen atoms in total. The van der Waals surface area contributed by atoms with E-state index in [0.29, 0.717) is 12.2 Å². The first-order valence-corrected chi connectivity index (χ1v) is 7.25. The summed E-state index contributed by atoms with van der Waals surface area (Å²) >= 11 is 0. The molecule has 2 aromatic rings. The van der Waals surface area contributed by atoms with E-state index in [9.17, 15) is 4.79 Å². The molecule has 0 radical (unpaired) electrons. The fourth-order valence-corrected chi connectivity index (χ4v) is 2.14. The fraction of sp³-hybridized carbons (Fsp3) is 0.278. The van der Waals surface area contributed by atoms with Crippen molar-refractivity contribution < 1.29 is 14.6 Å². The second-order valence-electron chi connectivity index (χ2n) is 4.98. The van der Waals surface area contributed by atoms with Crippen molar-refractivity contribution in [1.82, 2.24) is 0 Å². The first kappa shape index (κ1) is 15.1. The number of benzene rings is 2. The van der Waals surface area contributed by atoms with E-state index in [0.717, 1.165) is 24.0 Å². The van der Waals surface area contributed by atoms with Crippen LogP contribution in [0.15, 0.2) is 54.6 Å². The Hall–Kier alpha value is -2.29. The molecule has 0 aliphatic carbocycles. The molecule has 0 bridgehead atoms. The summed E-state index contributed by atoms with van der Waals surface area (Å²) in [6.45, 7) is 2.04. The summed E-state index contributed by atoms with van der Waals surface area (Å²) in [5.74, 6) is -0.311. The number of carbonyl (C=O) groups is 1. The van der Waals surface area contributed by atoms with Gasteiger partial charge in [0.05, 0.1) is 0 Å².